The zero-order chi connectivity index (χ0) is 17.2. The third-order valence-electron chi connectivity index (χ3n) is 3.30. The smallest absolute Gasteiger partial charge is 0.294 e. The molecule has 0 aliphatic heterocycles. The first-order valence-corrected chi connectivity index (χ1v) is 7.75. The van der Waals surface area contributed by atoms with Crippen molar-refractivity contribution in [3.8, 4) is 0 Å². The summed E-state index contributed by atoms with van der Waals surface area (Å²) in [5.74, 6) is -4.06. The highest BCUT2D eigenvalue weighted by molar-refractivity contribution is 6.35. The Kier molecular flexibility index (Phi) is 5.50. The summed E-state index contributed by atoms with van der Waals surface area (Å²) < 4.78 is 29.1. The molecule has 0 aromatic heterocycles. The van der Waals surface area contributed by atoms with Gasteiger partial charge in [0, 0.05) is 10.6 Å². The van der Waals surface area contributed by atoms with Gasteiger partial charge >= 0.3 is 0 Å². The summed E-state index contributed by atoms with van der Waals surface area (Å²) in [5, 5.41) is 2.52. The molecular weight excluding hydrogens is 367 g/mol. The maximum atomic E-state index is 14.5. The molecule has 2 aromatic carbocycles. The summed E-state index contributed by atoms with van der Waals surface area (Å²) in [5.41, 5.74) is -0.283. The summed E-state index contributed by atoms with van der Waals surface area (Å²) in [4.78, 5) is 12.1. The molecule has 0 fully saturated rings. The van der Waals surface area contributed by atoms with Crippen LogP contribution < -0.4 is 5.32 Å². The monoisotopic (exact) mass is 377 g/mol. The highest BCUT2D eigenvalue weighted by Crippen LogP contribution is 2.37. The van der Waals surface area contributed by atoms with Crippen LogP contribution in [0.1, 0.15) is 22.8 Å². The number of halogens is 5. The fraction of sp³-hybridized carbons (Fsp3) is 0.188. The predicted molar refractivity (Wildman–Crippen MR) is 88.7 cm³/mol. The number of hydrogen-bond donors (Lipinski definition) is 1. The van der Waals surface area contributed by atoms with Crippen LogP contribution in [0.5, 0.6) is 0 Å². The summed E-state index contributed by atoms with van der Waals surface area (Å²) in [6, 6.07) is 8.40. The number of carbonyl (C=O) groups is 1. The summed E-state index contributed by atoms with van der Waals surface area (Å²) >= 11 is 17.4. The van der Waals surface area contributed by atoms with Crippen LogP contribution in [0.3, 0.4) is 0 Å². The molecular formula is C16H12Cl3F2NO. The number of hydrogen-bond acceptors (Lipinski definition) is 1. The molecule has 0 aliphatic carbocycles. The van der Waals surface area contributed by atoms with E-state index in [-0.39, 0.29) is 20.6 Å². The van der Waals surface area contributed by atoms with E-state index >= 15 is 0 Å². The molecule has 23 heavy (non-hydrogen) atoms. The lowest BCUT2D eigenvalue weighted by atomic mass is 10.0. The topological polar surface area (TPSA) is 29.1 Å². The molecule has 1 atom stereocenters. The van der Waals surface area contributed by atoms with Gasteiger partial charge in [0.1, 0.15) is 0 Å². The number of amides is 1. The highest BCUT2D eigenvalue weighted by Gasteiger charge is 2.41. The van der Waals surface area contributed by atoms with Gasteiger partial charge in [0.25, 0.3) is 11.8 Å². The van der Waals surface area contributed by atoms with Gasteiger partial charge in [0.15, 0.2) is 0 Å². The van der Waals surface area contributed by atoms with Gasteiger partial charge in [-0.3, -0.25) is 4.79 Å². The Morgan fingerprint density at radius 1 is 1.09 bits per heavy atom. The largest absolute Gasteiger partial charge is 0.343 e. The zero-order valence-corrected chi connectivity index (χ0v) is 14.2. The SMILES string of the molecule is C[C@H](NC(=O)c1ccccc1Cl)C(F)(F)c1ccc(Cl)cc1Cl. The van der Waals surface area contributed by atoms with E-state index in [4.69, 9.17) is 34.8 Å². The maximum Gasteiger partial charge on any atom is 0.294 e. The zero-order valence-electron chi connectivity index (χ0n) is 11.9. The molecule has 0 saturated carbocycles. The third-order valence-corrected chi connectivity index (χ3v) is 4.18. The number of carbonyl (C=O) groups excluding carboxylic acids is 1. The Morgan fingerprint density at radius 3 is 2.35 bits per heavy atom. The molecule has 0 radical (unpaired) electrons. The van der Waals surface area contributed by atoms with Gasteiger partial charge in [-0.1, -0.05) is 46.9 Å². The predicted octanol–water partition coefficient (Wildman–Crippen LogP) is 5.56. The molecule has 2 aromatic rings. The van der Waals surface area contributed by atoms with E-state index in [1.165, 1.54) is 31.2 Å². The molecule has 1 N–H and O–H groups in total. The maximum absolute atomic E-state index is 14.5. The van der Waals surface area contributed by atoms with Gasteiger partial charge in [-0.05, 0) is 37.3 Å². The lowest BCUT2D eigenvalue weighted by Crippen LogP contribution is -2.44. The average Bonchev–Trinajstić information content (AvgIpc) is 2.47. The standard InChI is InChI=1S/C16H12Cl3F2NO/c1-9(22-15(23)11-4-2-3-5-13(11)18)16(20,21)12-7-6-10(17)8-14(12)19/h2-9H,1H3,(H,22,23)/t9-/m0/s1. The minimum Gasteiger partial charge on any atom is -0.343 e. The number of nitrogens with one attached hydrogen (secondary N) is 1. The number of benzene rings is 2. The fourth-order valence-corrected chi connectivity index (χ4v) is 2.76. The quantitative estimate of drug-likeness (QED) is 0.742. The van der Waals surface area contributed by atoms with Crippen LogP contribution in [0.15, 0.2) is 42.5 Å². The average molecular weight is 379 g/mol. The Labute approximate surface area is 147 Å². The van der Waals surface area contributed by atoms with E-state index in [2.05, 4.69) is 5.32 Å². The van der Waals surface area contributed by atoms with Crippen molar-refractivity contribution in [2.75, 3.05) is 0 Å². The second kappa shape index (κ2) is 7.04. The van der Waals surface area contributed by atoms with E-state index in [0.29, 0.717) is 0 Å². The van der Waals surface area contributed by atoms with Crippen LogP contribution in [0, 0.1) is 0 Å². The second-order valence-corrected chi connectivity index (χ2v) is 6.17. The Morgan fingerprint density at radius 2 is 1.74 bits per heavy atom. The molecule has 122 valence electrons. The van der Waals surface area contributed by atoms with Gasteiger partial charge in [0.2, 0.25) is 0 Å². The second-order valence-electron chi connectivity index (χ2n) is 4.92. The van der Waals surface area contributed by atoms with Crippen molar-refractivity contribution < 1.29 is 13.6 Å². The van der Waals surface area contributed by atoms with Crippen LogP contribution in [-0.4, -0.2) is 11.9 Å². The molecule has 2 rings (SSSR count). The molecule has 7 heteroatoms. The van der Waals surface area contributed by atoms with Crippen molar-refractivity contribution in [1.29, 1.82) is 0 Å². The number of rotatable bonds is 4. The van der Waals surface area contributed by atoms with Crippen LogP contribution in [0.25, 0.3) is 0 Å². The van der Waals surface area contributed by atoms with Crippen molar-refractivity contribution >= 4 is 40.7 Å². The van der Waals surface area contributed by atoms with Crippen molar-refractivity contribution in [2.45, 2.75) is 18.9 Å². The van der Waals surface area contributed by atoms with Gasteiger partial charge in [0.05, 0.1) is 21.7 Å². The summed E-state index contributed by atoms with van der Waals surface area (Å²) in [7, 11) is 0. The lowest BCUT2D eigenvalue weighted by molar-refractivity contribution is -0.0355. The van der Waals surface area contributed by atoms with Gasteiger partial charge in [-0.25, -0.2) is 0 Å². The van der Waals surface area contributed by atoms with E-state index in [1.54, 1.807) is 12.1 Å². The van der Waals surface area contributed by atoms with Crippen LogP contribution >= 0.6 is 34.8 Å². The van der Waals surface area contributed by atoms with Gasteiger partial charge < -0.3 is 5.32 Å². The molecule has 2 nitrogen and oxygen atoms in total. The molecule has 0 heterocycles. The van der Waals surface area contributed by atoms with E-state index in [0.717, 1.165) is 6.07 Å². The normalized spacial score (nSPS) is 12.8. The highest BCUT2D eigenvalue weighted by atomic mass is 35.5. The minimum absolute atomic E-state index is 0.124. The summed E-state index contributed by atoms with van der Waals surface area (Å²) in [6.07, 6.45) is 0. The van der Waals surface area contributed by atoms with Crippen molar-refractivity contribution in [3.05, 3.63) is 68.7 Å². The third kappa shape index (κ3) is 3.94. The molecule has 0 aliphatic rings. The van der Waals surface area contributed by atoms with Crippen LogP contribution in [0.4, 0.5) is 8.78 Å². The molecule has 0 saturated heterocycles. The molecule has 1 amide bonds. The number of alkyl halides is 2. The molecule has 0 unspecified atom stereocenters. The first kappa shape index (κ1) is 18.0. The van der Waals surface area contributed by atoms with Crippen molar-refractivity contribution in [2.24, 2.45) is 0 Å². The van der Waals surface area contributed by atoms with Crippen molar-refractivity contribution in [1.82, 2.24) is 5.32 Å². The summed E-state index contributed by atoms with van der Waals surface area (Å²) in [6.45, 7) is 1.19. The van der Waals surface area contributed by atoms with E-state index < -0.39 is 23.4 Å². The van der Waals surface area contributed by atoms with Crippen molar-refractivity contribution in [3.63, 3.8) is 0 Å². The van der Waals surface area contributed by atoms with Gasteiger partial charge in [-0.2, -0.15) is 8.78 Å². The Balaban J connectivity index is 2.23. The van der Waals surface area contributed by atoms with E-state index in [1.807, 2.05) is 0 Å². The lowest BCUT2D eigenvalue weighted by Gasteiger charge is -2.26. The molecule has 0 spiro atoms. The fourth-order valence-electron chi connectivity index (χ4n) is 2.00. The minimum atomic E-state index is -3.38. The Bertz CT molecular complexity index is 737. The van der Waals surface area contributed by atoms with Crippen LogP contribution in [-0.2, 0) is 5.92 Å². The first-order chi connectivity index (χ1) is 10.7. The first-order valence-electron chi connectivity index (χ1n) is 6.62. The van der Waals surface area contributed by atoms with Crippen LogP contribution in [0.2, 0.25) is 15.1 Å². The molecule has 0 bridgehead atoms. The van der Waals surface area contributed by atoms with E-state index in [9.17, 15) is 13.6 Å². The van der Waals surface area contributed by atoms with Gasteiger partial charge in [-0.15, -0.1) is 0 Å². The Hall–Kier alpha value is -1.36.